The first kappa shape index (κ1) is 12.8. The fourth-order valence-electron chi connectivity index (χ4n) is 1.36. The van der Waals surface area contributed by atoms with E-state index in [1.54, 1.807) is 4.68 Å². The molecule has 1 N–H and O–H groups in total. The van der Waals surface area contributed by atoms with Gasteiger partial charge in [0.05, 0.1) is 16.4 Å². The molecule has 1 unspecified atom stereocenters. The maximum Gasteiger partial charge on any atom is 0.0860 e. The van der Waals surface area contributed by atoms with Crippen LogP contribution in [0.4, 0.5) is 0 Å². The largest absolute Gasteiger partial charge is 0.310 e. The molecule has 0 aliphatic rings. The van der Waals surface area contributed by atoms with E-state index in [9.17, 15) is 0 Å². The lowest BCUT2D eigenvalue weighted by Crippen LogP contribution is -2.23. The summed E-state index contributed by atoms with van der Waals surface area (Å²) in [5.74, 6) is 0. The van der Waals surface area contributed by atoms with Gasteiger partial charge < -0.3 is 5.32 Å². The minimum atomic E-state index is 0.179. The van der Waals surface area contributed by atoms with Crippen molar-refractivity contribution < 1.29 is 0 Å². The van der Waals surface area contributed by atoms with Crippen LogP contribution in [-0.2, 0) is 13.6 Å². The van der Waals surface area contributed by atoms with Gasteiger partial charge in [-0.3, -0.25) is 4.68 Å². The average Bonchev–Trinajstić information content (AvgIpc) is 2.44. The maximum atomic E-state index is 6.11. The zero-order valence-corrected chi connectivity index (χ0v) is 10.9. The summed E-state index contributed by atoms with van der Waals surface area (Å²) in [5.41, 5.74) is 1.88. The molecule has 0 spiro atoms. The highest BCUT2D eigenvalue weighted by atomic mass is 35.5. The lowest BCUT2D eigenvalue weighted by Gasteiger charge is -2.08. The Labute approximate surface area is 101 Å². The molecule has 1 aromatic heterocycles. The summed E-state index contributed by atoms with van der Waals surface area (Å²) in [4.78, 5) is 0. The SMILES string of the molecule is CCC(Cl)CNCc1c(Cl)c(C)nn1C. The number of halogens is 2. The number of nitrogens with zero attached hydrogens (tertiary/aromatic N) is 2. The Morgan fingerprint density at radius 1 is 1.53 bits per heavy atom. The van der Waals surface area contributed by atoms with Gasteiger partial charge >= 0.3 is 0 Å². The Bertz CT molecular complexity index is 323. The highest BCUT2D eigenvalue weighted by Crippen LogP contribution is 2.18. The molecule has 0 saturated carbocycles. The highest BCUT2D eigenvalue weighted by Gasteiger charge is 2.10. The Balaban J connectivity index is 2.50. The Hall–Kier alpha value is -0.250. The van der Waals surface area contributed by atoms with Crippen LogP contribution in [-0.4, -0.2) is 21.7 Å². The molecule has 15 heavy (non-hydrogen) atoms. The number of nitrogens with one attached hydrogen (secondary N) is 1. The van der Waals surface area contributed by atoms with E-state index in [1.807, 2.05) is 14.0 Å². The van der Waals surface area contributed by atoms with Crippen LogP contribution in [0.5, 0.6) is 0 Å². The van der Waals surface area contributed by atoms with Crippen molar-refractivity contribution in [2.24, 2.45) is 7.05 Å². The summed E-state index contributed by atoms with van der Waals surface area (Å²) in [6.45, 7) is 5.47. The second kappa shape index (κ2) is 5.73. The number of alkyl halides is 1. The van der Waals surface area contributed by atoms with Crippen molar-refractivity contribution in [1.29, 1.82) is 0 Å². The van der Waals surface area contributed by atoms with Crippen LogP contribution >= 0.6 is 23.2 Å². The lowest BCUT2D eigenvalue weighted by atomic mass is 10.3. The molecule has 1 rings (SSSR count). The minimum Gasteiger partial charge on any atom is -0.310 e. The number of hydrogen-bond acceptors (Lipinski definition) is 2. The van der Waals surface area contributed by atoms with Gasteiger partial charge in [-0.2, -0.15) is 5.10 Å². The van der Waals surface area contributed by atoms with E-state index >= 15 is 0 Å². The van der Waals surface area contributed by atoms with E-state index in [0.29, 0.717) is 6.54 Å². The van der Waals surface area contributed by atoms with Gasteiger partial charge in [0.25, 0.3) is 0 Å². The summed E-state index contributed by atoms with van der Waals surface area (Å²) in [7, 11) is 1.90. The van der Waals surface area contributed by atoms with E-state index in [4.69, 9.17) is 23.2 Å². The fraction of sp³-hybridized carbons (Fsp3) is 0.700. The molecule has 0 aliphatic heterocycles. The summed E-state index contributed by atoms with van der Waals surface area (Å²) in [6.07, 6.45) is 0.965. The van der Waals surface area contributed by atoms with Crippen LogP contribution in [0.3, 0.4) is 0 Å². The Morgan fingerprint density at radius 2 is 2.20 bits per heavy atom. The first-order chi connectivity index (χ1) is 7.06. The van der Waals surface area contributed by atoms with E-state index in [-0.39, 0.29) is 5.38 Å². The van der Waals surface area contributed by atoms with E-state index < -0.39 is 0 Å². The Kier molecular flexibility index (Phi) is 4.90. The minimum absolute atomic E-state index is 0.179. The van der Waals surface area contributed by atoms with Gasteiger partial charge in [-0.15, -0.1) is 11.6 Å². The van der Waals surface area contributed by atoms with E-state index in [0.717, 1.165) is 29.4 Å². The van der Waals surface area contributed by atoms with Crippen molar-refractivity contribution in [1.82, 2.24) is 15.1 Å². The molecule has 0 aliphatic carbocycles. The van der Waals surface area contributed by atoms with Crippen molar-refractivity contribution >= 4 is 23.2 Å². The normalized spacial score (nSPS) is 13.1. The van der Waals surface area contributed by atoms with Crippen molar-refractivity contribution in [2.75, 3.05) is 6.54 Å². The smallest absolute Gasteiger partial charge is 0.0860 e. The first-order valence-electron chi connectivity index (χ1n) is 5.09. The number of aromatic nitrogens is 2. The maximum absolute atomic E-state index is 6.11. The molecule has 1 atom stereocenters. The van der Waals surface area contributed by atoms with E-state index in [2.05, 4.69) is 17.3 Å². The van der Waals surface area contributed by atoms with Crippen molar-refractivity contribution in [3.63, 3.8) is 0 Å². The number of hydrogen-bond donors (Lipinski definition) is 1. The first-order valence-corrected chi connectivity index (χ1v) is 5.90. The molecule has 1 aromatic rings. The zero-order chi connectivity index (χ0) is 11.4. The van der Waals surface area contributed by atoms with Gasteiger partial charge in [-0.25, -0.2) is 0 Å². The van der Waals surface area contributed by atoms with Crippen LogP contribution in [0.2, 0.25) is 5.02 Å². The third-order valence-corrected chi connectivity index (χ3v) is 3.32. The van der Waals surface area contributed by atoms with Crippen molar-refractivity contribution in [3.05, 3.63) is 16.4 Å². The standard InChI is InChI=1S/C10H17Cl2N3/c1-4-8(11)5-13-6-9-10(12)7(2)14-15(9)3/h8,13H,4-6H2,1-3H3. The highest BCUT2D eigenvalue weighted by molar-refractivity contribution is 6.31. The molecule has 0 fully saturated rings. The predicted molar refractivity (Wildman–Crippen MR) is 64.6 cm³/mol. The molecule has 0 aromatic carbocycles. The van der Waals surface area contributed by atoms with Crippen molar-refractivity contribution in [3.8, 4) is 0 Å². The topological polar surface area (TPSA) is 29.9 Å². The Morgan fingerprint density at radius 3 is 2.67 bits per heavy atom. The van der Waals surface area contributed by atoms with Gasteiger partial charge in [0, 0.05) is 25.5 Å². The molecule has 3 nitrogen and oxygen atoms in total. The van der Waals surface area contributed by atoms with Crippen LogP contribution in [0, 0.1) is 6.92 Å². The van der Waals surface area contributed by atoms with Crippen LogP contribution in [0.15, 0.2) is 0 Å². The predicted octanol–water partition coefficient (Wildman–Crippen LogP) is 2.49. The number of rotatable bonds is 5. The zero-order valence-electron chi connectivity index (χ0n) is 9.35. The lowest BCUT2D eigenvalue weighted by molar-refractivity contribution is 0.605. The second-order valence-electron chi connectivity index (χ2n) is 3.61. The fourth-order valence-corrected chi connectivity index (χ4v) is 1.70. The van der Waals surface area contributed by atoms with Crippen LogP contribution in [0.1, 0.15) is 24.7 Å². The van der Waals surface area contributed by atoms with Gasteiger partial charge in [0.15, 0.2) is 0 Å². The van der Waals surface area contributed by atoms with Crippen molar-refractivity contribution in [2.45, 2.75) is 32.2 Å². The molecule has 0 amide bonds. The third-order valence-electron chi connectivity index (χ3n) is 2.36. The summed E-state index contributed by atoms with van der Waals surface area (Å²) in [5, 5.41) is 8.43. The van der Waals surface area contributed by atoms with Gasteiger partial charge in [0.1, 0.15) is 0 Å². The molecule has 0 saturated heterocycles. The number of aryl methyl sites for hydroxylation is 2. The monoisotopic (exact) mass is 249 g/mol. The van der Waals surface area contributed by atoms with Gasteiger partial charge in [-0.1, -0.05) is 18.5 Å². The molecule has 1 heterocycles. The summed E-state index contributed by atoms with van der Waals surface area (Å²) >= 11 is 12.1. The van der Waals surface area contributed by atoms with Crippen LogP contribution < -0.4 is 5.32 Å². The third kappa shape index (κ3) is 3.37. The van der Waals surface area contributed by atoms with E-state index in [1.165, 1.54) is 0 Å². The average molecular weight is 250 g/mol. The summed E-state index contributed by atoms with van der Waals surface area (Å²) < 4.78 is 1.81. The second-order valence-corrected chi connectivity index (χ2v) is 4.60. The summed E-state index contributed by atoms with van der Waals surface area (Å²) in [6, 6.07) is 0. The molecule has 0 radical (unpaired) electrons. The quantitative estimate of drug-likeness (QED) is 0.813. The molecule has 86 valence electrons. The molecular weight excluding hydrogens is 233 g/mol. The van der Waals surface area contributed by atoms with Crippen LogP contribution in [0.25, 0.3) is 0 Å². The molecule has 5 heteroatoms. The molecular formula is C10H17Cl2N3. The van der Waals surface area contributed by atoms with Gasteiger partial charge in [0.2, 0.25) is 0 Å². The van der Waals surface area contributed by atoms with Gasteiger partial charge in [-0.05, 0) is 13.3 Å². The molecule has 0 bridgehead atoms.